The SMILES string of the molecule is O=C1c2cc(N3CCCC3)cc(Br)c2CN1Cc1ccc2c(c1)OCO2. The lowest BCUT2D eigenvalue weighted by molar-refractivity contribution is 0.0766. The maximum atomic E-state index is 13.0. The minimum Gasteiger partial charge on any atom is -0.454 e. The molecule has 6 heteroatoms. The van der Waals surface area contributed by atoms with E-state index < -0.39 is 0 Å². The molecule has 0 N–H and O–H groups in total. The van der Waals surface area contributed by atoms with Crippen LogP contribution in [-0.4, -0.2) is 30.7 Å². The monoisotopic (exact) mass is 414 g/mol. The highest BCUT2D eigenvalue weighted by Crippen LogP contribution is 2.37. The molecule has 5 nitrogen and oxygen atoms in total. The lowest BCUT2D eigenvalue weighted by Gasteiger charge is -2.18. The zero-order chi connectivity index (χ0) is 17.7. The third-order valence-electron chi connectivity index (χ3n) is 5.33. The first-order valence-corrected chi connectivity index (χ1v) is 9.73. The number of carbonyl (C=O) groups excluding carboxylic acids is 1. The van der Waals surface area contributed by atoms with Crippen LogP contribution < -0.4 is 14.4 Å². The number of halogens is 1. The number of fused-ring (bicyclic) bond motifs is 2. The Labute approximate surface area is 160 Å². The number of ether oxygens (including phenoxy) is 2. The fraction of sp³-hybridized carbons (Fsp3) is 0.350. The summed E-state index contributed by atoms with van der Waals surface area (Å²) >= 11 is 3.68. The Morgan fingerprint density at radius 3 is 2.69 bits per heavy atom. The highest BCUT2D eigenvalue weighted by Gasteiger charge is 2.31. The normalized spacial score (nSPS) is 18.0. The Morgan fingerprint density at radius 1 is 1.04 bits per heavy atom. The van der Waals surface area contributed by atoms with E-state index in [1.165, 1.54) is 12.8 Å². The predicted molar refractivity (Wildman–Crippen MR) is 102 cm³/mol. The molecule has 26 heavy (non-hydrogen) atoms. The first-order valence-electron chi connectivity index (χ1n) is 8.94. The summed E-state index contributed by atoms with van der Waals surface area (Å²) in [5, 5.41) is 0. The van der Waals surface area contributed by atoms with E-state index in [0.717, 1.165) is 51.4 Å². The number of amides is 1. The lowest BCUT2D eigenvalue weighted by atomic mass is 10.1. The van der Waals surface area contributed by atoms with Crippen molar-refractivity contribution in [1.82, 2.24) is 4.90 Å². The van der Waals surface area contributed by atoms with Crippen molar-refractivity contribution in [3.05, 3.63) is 51.5 Å². The average molecular weight is 415 g/mol. The molecule has 0 atom stereocenters. The summed E-state index contributed by atoms with van der Waals surface area (Å²) in [5.41, 5.74) is 4.10. The van der Waals surface area contributed by atoms with Gasteiger partial charge in [-0.05, 0) is 48.2 Å². The first kappa shape index (κ1) is 16.0. The fourth-order valence-electron chi connectivity index (χ4n) is 3.95. The molecule has 3 aliphatic heterocycles. The first-order chi connectivity index (χ1) is 12.7. The summed E-state index contributed by atoms with van der Waals surface area (Å²) in [6.45, 7) is 3.60. The molecule has 1 fully saturated rings. The Morgan fingerprint density at radius 2 is 1.85 bits per heavy atom. The van der Waals surface area contributed by atoms with E-state index in [-0.39, 0.29) is 12.7 Å². The van der Waals surface area contributed by atoms with Crippen LogP contribution in [0.5, 0.6) is 11.5 Å². The molecule has 0 saturated carbocycles. The number of hydrogen-bond acceptors (Lipinski definition) is 4. The van der Waals surface area contributed by atoms with E-state index in [1.54, 1.807) is 0 Å². The second kappa shape index (κ2) is 6.20. The van der Waals surface area contributed by atoms with Crippen LogP contribution in [0.1, 0.15) is 34.3 Å². The fourth-order valence-corrected chi connectivity index (χ4v) is 4.53. The van der Waals surface area contributed by atoms with Gasteiger partial charge in [-0.15, -0.1) is 0 Å². The zero-order valence-electron chi connectivity index (χ0n) is 14.3. The molecule has 3 aliphatic rings. The molecular formula is C20H19BrN2O3. The van der Waals surface area contributed by atoms with Gasteiger partial charge in [0.25, 0.3) is 5.91 Å². The molecule has 0 spiro atoms. The van der Waals surface area contributed by atoms with Crippen LogP contribution in [0.3, 0.4) is 0 Å². The zero-order valence-corrected chi connectivity index (χ0v) is 15.9. The van der Waals surface area contributed by atoms with E-state index >= 15 is 0 Å². The quantitative estimate of drug-likeness (QED) is 0.762. The van der Waals surface area contributed by atoms with Gasteiger partial charge in [0.2, 0.25) is 6.79 Å². The van der Waals surface area contributed by atoms with Gasteiger partial charge < -0.3 is 19.3 Å². The molecule has 0 aromatic heterocycles. The van der Waals surface area contributed by atoms with Crippen molar-refractivity contribution < 1.29 is 14.3 Å². The number of carbonyl (C=O) groups is 1. The lowest BCUT2D eigenvalue weighted by Crippen LogP contribution is -2.23. The van der Waals surface area contributed by atoms with Crippen molar-refractivity contribution in [3.8, 4) is 11.5 Å². The van der Waals surface area contributed by atoms with Gasteiger partial charge in [-0.1, -0.05) is 22.0 Å². The maximum absolute atomic E-state index is 13.0. The number of nitrogens with zero attached hydrogens (tertiary/aromatic N) is 2. The summed E-state index contributed by atoms with van der Waals surface area (Å²) in [5.74, 6) is 1.62. The summed E-state index contributed by atoms with van der Waals surface area (Å²) in [4.78, 5) is 17.2. The van der Waals surface area contributed by atoms with E-state index in [9.17, 15) is 4.79 Å². The third kappa shape index (κ3) is 2.63. The summed E-state index contributed by atoms with van der Waals surface area (Å²) in [6, 6.07) is 10.1. The van der Waals surface area contributed by atoms with Crippen LogP contribution in [0.2, 0.25) is 0 Å². The molecule has 0 aliphatic carbocycles. The number of benzene rings is 2. The number of hydrogen-bond donors (Lipinski definition) is 0. The van der Waals surface area contributed by atoms with Crippen molar-refractivity contribution in [1.29, 1.82) is 0 Å². The molecule has 1 amide bonds. The van der Waals surface area contributed by atoms with Crippen LogP contribution in [-0.2, 0) is 13.1 Å². The summed E-state index contributed by atoms with van der Waals surface area (Å²) in [6.07, 6.45) is 2.44. The smallest absolute Gasteiger partial charge is 0.254 e. The molecule has 2 aromatic carbocycles. The van der Waals surface area contributed by atoms with E-state index in [0.29, 0.717) is 13.1 Å². The summed E-state index contributed by atoms with van der Waals surface area (Å²) < 4.78 is 11.8. The second-order valence-electron chi connectivity index (χ2n) is 7.00. The highest BCUT2D eigenvalue weighted by atomic mass is 79.9. The summed E-state index contributed by atoms with van der Waals surface area (Å²) in [7, 11) is 0. The van der Waals surface area contributed by atoms with Gasteiger partial charge in [-0.2, -0.15) is 0 Å². The van der Waals surface area contributed by atoms with Crippen molar-refractivity contribution in [2.75, 3.05) is 24.8 Å². The molecule has 0 unspecified atom stereocenters. The molecule has 2 aromatic rings. The largest absolute Gasteiger partial charge is 0.454 e. The predicted octanol–water partition coefficient (Wildman–Crippen LogP) is 3.93. The van der Waals surface area contributed by atoms with E-state index in [4.69, 9.17) is 9.47 Å². The van der Waals surface area contributed by atoms with Crippen molar-refractivity contribution >= 4 is 27.5 Å². The van der Waals surface area contributed by atoms with Crippen LogP contribution in [0, 0.1) is 0 Å². The van der Waals surface area contributed by atoms with Crippen molar-refractivity contribution in [2.24, 2.45) is 0 Å². The van der Waals surface area contributed by atoms with Gasteiger partial charge in [0.1, 0.15) is 0 Å². The van der Waals surface area contributed by atoms with Crippen LogP contribution >= 0.6 is 15.9 Å². The minimum atomic E-state index is 0.0967. The van der Waals surface area contributed by atoms with E-state index in [1.807, 2.05) is 23.1 Å². The van der Waals surface area contributed by atoms with Gasteiger partial charge in [-0.25, -0.2) is 0 Å². The van der Waals surface area contributed by atoms with Crippen LogP contribution in [0.4, 0.5) is 5.69 Å². The topological polar surface area (TPSA) is 42.0 Å². The van der Waals surface area contributed by atoms with Gasteiger partial charge in [-0.3, -0.25) is 4.79 Å². The molecule has 1 saturated heterocycles. The van der Waals surface area contributed by atoms with Gasteiger partial charge in [0, 0.05) is 41.9 Å². The molecular weight excluding hydrogens is 396 g/mol. The second-order valence-corrected chi connectivity index (χ2v) is 7.85. The molecule has 0 radical (unpaired) electrons. The van der Waals surface area contributed by atoms with Crippen LogP contribution in [0.15, 0.2) is 34.8 Å². The van der Waals surface area contributed by atoms with Crippen LogP contribution in [0.25, 0.3) is 0 Å². The Kier molecular flexibility index (Phi) is 3.81. The Hall–Kier alpha value is -2.21. The van der Waals surface area contributed by atoms with Gasteiger partial charge in [0.05, 0.1) is 0 Å². The maximum Gasteiger partial charge on any atom is 0.254 e. The number of anilines is 1. The average Bonchev–Trinajstić information content (AvgIpc) is 3.37. The Bertz CT molecular complexity index is 893. The standard InChI is InChI=1S/C20H19BrN2O3/c21-17-9-14(22-5-1-2-6-22)8-15-16(17)11-23(20(15)24)10-13-3-4-18-19(7-13)26-12-25-18/h3-4,7-9H,1-2,5-6,10-12H2. The molecule has 0 bridgehead atoms. The molecule has 134 valence electrons. The minimum absolute atomic E-state index is 0.0967. The van der Waals surface area contributed by atoms with Crippen molar-refractivity contribution in [3.63, 3.8) is 0 Å². The molecule has 5 rings (SSSR count). The third-order valence-corrected chi connectivity index (χ3v) is 6.04. The molecule has 3 heterocycles. The van der Waals surface area contributed by atoms with Gasteiger partial charge >= 0.3 is 0 Å². The Balaban J connectivity index is 1.40. The van der Waals surface area contributed by atoms with Gasteiger partial charge in [0.15, 0.2) is 11.5 Å². The highest BCUT2D eigenvalue weighted by molar-refractivity contribution is 9.10. The van der Waals surface area contributed by atoms with E-state index in [2.05, 4.69) is 33.0 Å². The number of rotatable bonds is 3. The van der Waals surface area contributed by atoms with Crippen molar-refractivity contribution in [2.45, 2.75) is 25.9 Å².